The zero-order valence-corrected chi connectivity index (χ0v) is 12.7. The van der Waals surface area contributed by atoms with E-state index in [9.17, 15) is 4.79 Å². The quantitative estimate of drug-likeness (QED) is 0.853. The summed E-state index contributed by atoms with van der Waals surface area (Å²) in [6.07, 6.45) is 4.09. The molecule has 0 atom stereocenters. The lowest BCUT2D eigenvalue weighted by Crippen LogP contribution is -2.44. The van der Waals surface area contributed by atoms with Crippen LogP contribution < -0.4 is 5.32 Å². The molecule has 0 radical (unpaired) electrons. The van der Waals surface area contributed by atoms with E-state index < -0.39 is 0 Å². The highest BCUT2D eigenvalue weighted by atomic mass is 35.5. The summed E-state index contributed by atoms with van der Waals surface area (Å²) >= 11 is 5.52. The molecule has 1 aliphatic rings. The number of halogens is 1. The van der Waals surface area contributed by atoms with Gasteiger partial charge in [0.15, 0.2) is 0 Å². The largest absolute Gasteiger partial charge is 0.361 e. The average Bonchev–Trinajstić information content (AvgIpc) is 2.92. The third-order valence-electron chi connectivity index (χ3n) is 4.14. The van der Waals surface area contributed by atoms with Crippen LogP contribution in [0.3, 0.4) is 0 Å². The number of alkyl halides is 1. The maximum Gasteiger partial charge on any atom is 0.235 e. The summed E-state index contributed by atoms with van der Waals surface area (Å²) in [5.74, 6) is -0.0121. The molecule has 3 rings (SSSR count). The topological polar surface area (TPSA) is 48.1 Å². The number of likely N-dealkylation sites (tertiary alicyclic amines) is 1. The molecule has 2 heterocycles. The number of aromatic amines is 1. The number of amides is 1. The molecule has 4 nitrogen and oxygen atoms in total. The number of hydrogen-bond acceptors (Lipinski definition) is 2. The van der Waals surface area contributed by atoms with Crippen molar-refractivity contribution in [1.82, 2.24) is 15.2 Å². The van der Waals surface area contributed by atoms with Gasteiger partial charge in [-0.25, -0.2) is 0 Å². The summed E-state index contributed by atoms with van der Waals surface area (Å²) in [5, 5.41) is 4.27. The predicted molar refractivity (Wildman–Crippen MR) is 85.5 cm³/mol. The number of nitrogens with zero attached hydrogens (tertiary/aromatic N) is 1. The first kappa shape index (κ1) is 14.4. The number of piperidine rings is 1. The maximum atomic E-state index is 11.3. The standard InChI is InChI=1S/C16H20ClN3O/c17-9-16(21)19-13-5-7-20(8-6-13)11-12-10-18-15-4-2-1-3-14(12)15/h1-4,10,13,18H,5-9,11H2,(H,19,21). The number of carbonyl (C=O) groups excluding carboxylic acids is 1. The zero-order chi connectivity index (χ0) is 14.7. The van der Waals surface area contributed by atoms with Gasteiger partial charge in [0.2, 0.25) is 5.91 Å². The van der Waals surface area contributed by atoms with E-state index in [0.29, 0.717) is 0 Å². The van der Waals surface area contributed by atoms with E-state index in [1.54, 1.807) is 0 Å². The van der Waals surface area contributed by atoms with Gasteiger partial charge in [-0.1, -0.05) is 18.2 Å². The second-order valence-corrected chi connectivity index (χ2v) is 5.88. The van der Waals surface area contributed by atoms with Crippen molar-refractivity contribution < 1.29 is 4.79 Å². The molecule has 1 aromatic carbocycles. The van der Waals surface area contributed by atoms with Crippen LogP contribution in [0.25, 0.3) is 10.9 Å². The molecule has 0 unspecified atom stereocenters. The van der Waals surface area contributed by atoms with Crippen molar-refractivity contribution in [1.29, 1.82) is 0 Å². The molecule has 5 heteroatoms. The first-order valence-corrected chi connectivity index (χ1v) is 7.92. The van der Waals surface area contributed by atoms with Gasteiger partial charge in [0.05, 0.1) is 0 Å². The highest BCUT2D eigenvalue weighted by Crippen LogP contribution is 2.21. The van der Waals surface area contributed by atoms with Crippen molar-refractivity contribution in [2.45, 2.75) is 25.4 Å². The fourth-order valence-corrected chi connectivity index (χ4v) is 3.08. The summed E-state index contributed by atoms with van der Waals surface area (Å²) < 4.78 is 0. The number of fused-ring (bicyclic) bond motifs is 1. The Morgan fingerprint density at radius 2 is 2.10 bits per heavy atom. The van der Waals surface area contributed by atoms with Crippen molar-refractivity contribution in [3.05, 3.63) is 36.0 Å². The molecular weight excluding hydrogens is 286 g/mol. The average molecular weight is 306 g/mol. The van der Waals surface area contributed by atoms with Crippen molar-refractivity contribution >= 4 is 28.4 Å². The van der Waals surface area contributed by atoms with Gasteiger partial charge >= 0.3 is 0 Å². The molecule has 1 aromatic heterocycles. The van der Waals surface area contributed by atoms with E-state index in [-0.39, 0.29) is 17.8 Å². The predicted octanol–water partition coefficient (Wildman–Crippen LogP) is 2.49. The van der Waals surface area contributed by atoms with E-state index in [2.05, 4.69) is 39.6 Å². The molecule has 0 spiro atoms. The van der Waals surface area contributed by atoms with Gasteiger partial charge in [0.25, 0.3) is 0 Å². The molecule has 0 saturated carbocycles. The minimum atomic E-state index is -0.0632. The molecule has 0 bridgehead atoms. The number of hydrogen-bond donors (Lipinski definition) is 2. The molecule has 1 fully saturated rings. The van der Waals surface area contributed by atoms with Gasteiger partial charge in [-0.2, -0.15) is 0 Å². The Balaban J connectivity index is 1.57. The smallest absolute Gasteiger partial charge is 0.235 e. The summed E-state index contributed by atoms with van der Waals surface area (Å²) in [7, 11) is 0. The van der Waals surface area contributed by atoms with Crippen LogP contribution in [0.15, 0.2) is 30.5 Å². The van der Waals surface area contributed by atoms with Gasteiger partial charge in [-0.05, 0) is 24.5 Å². The number of nitrogens with one attached hydrogen (secondary N) is 2. The summed E-state index contributed by atoms with van der Waals surface area (Å²) in [6, 6.07) is 8.67. The summed E-state index contributed by atoms with van der Waals surface area (Å²) in [5.41, 5.74) is 2.53. The Bertz CT molecular complexity index is 617. The fourth-order valence-electron chi connectivity index (χ4n) is 3.00. The third kappa shape index (κ3) is 3.39. The second-order valence-electron chi connectivity index (χ2n) is 5.61. The normalized spacial score (nSPS) is 17.2. The lowest BCUT2D eigenvalue weighted by molar-refractivity contribution is -0.119. The van der Waals surface area contributed by atoms with E-state index in [0.717, 1.165) is 32.5 Å². The van der Waals surface area contributed by atoms with Crippen LogP contribution in [0.4, 0.5) is 0 Å². The fraction of sp³-hybridized carbons (Fsp3) is 0.438. The lowest BCUT2D eigenvalue weighted by Gasteiger charge is -2.32. The van der Waals surface area contributed by atoms with Gasteiger partial charge in [0, 0.05) is 42.8 Å². The highest BCUT2D eigenvalue weighted by molar-refractivity contribution is 6.27. The number of aromatic nitrogens is 1. The van der Waals surface area contributed by atoms with E-state index in [1.165, 1.54) is 16.5 Å². The first-order valence-electron chi connectivity index (χ1n) is 7.39. The Morgan fingerprint density at radius 3 is 2.86 bits per heavy atom. The molecule has 112 valence electrons. The summed E-state index contributed by atoms with van der Waals surface area (Å²) in [6.45, 7) is 2.97. The molecule has 21 heavy (non-hydrogen) atoms. The highest BCUT2D eigenvalue weighted by Gasteiger charge is 2.21. The Kier molecular flexibility index (Phi) is 4.46. The monoisotopic (exact) mass is 305 g/mol. The molecular formula is C16H20ClN3O. The lowest BCUT2D eigenvalue weighted by atomic mass is 10.0. The maximum absolute atomic E-state index is 11.3. The molecule has 2 aromatic rings. The second kappa shape index (κ2) is 6.50. The number of benzene rings is 1. The summed E-state index contributed by atoms with van der Waals surface area (Å²) in [4.78, 5) is 17.1. The number of carbonyl (C=O) groups is 1. The third-order valence-corrected chi connectivity index (χ3v) is 4.39. The number of para-hydroxylation sites is 1. The Morgan fingerprint density at radius 1 is 1.33 bits per heavy atom. The van der Waals surface area contributed by atoms with Crippen LogP contribution in [0.5, 0.6) is 0 Å². The Hall–Kier alpha value is -1.52. The molecule has 1 amide bonds. The van der Waals surface area contributed by atoms with Gasteiger partial charge in [-0.3, -0.25) is 9.69 Å². The van der Waals surface area contributed by atoms with Crippen molar-refractivity contribution in [3.8, 4) is 0 Å². The minimum Gasteiger partial charge on any atom is -0.361 e. The van der Waals surface area contributed by atoms with Gasteiger partial charge < -0.3 is 10.3 Å². The van der Waals surface area contributed by atoms with Crippen LogP contribution in [0, 0.1) is 0 Å². The van der Waals surface area contributed by atoms with Gasteiger partial charge in [0.1, 0.15) is 5.88 Å². The van der Waals surface area contributed by atoms with Crippen LogP contribution in [0.1, 0.15) is 18.4 Å². The molecule has 1 saturated heterocycles. The van der Waals surface area contributed by atoms with E-state index in [4.69, 9.17) is 11.6 Å². The van der Waals surface area contributed by atoms with Crippen molar-refractivity contribution in [3.63, 3.8) is 0 Å². The van der Waals surface area contributed by atoms with Crippen LogP contribution in [0.2, 0.25) is 0 Å². The molecule has 0 aliphatic carbocycles. The molecule has 1 aliphatic heterocycles. The van der Waals surface area contributed by atoms with Crippen molar-refractivity contribution in [2.75, 3.05) is 19.0 Å². The zero-order valence-electron chi connectivity index (χ0n) is 11.9. The number of rotatable bonds is 4. The molecule has 2 N–H and O–H groups in total. The number of H-pyrrole nitrogens is 1. The van der Waals surface area contributed by atoms with Crippen LogP contribution >= 0.6 is 11.6 Å². The van der Waals surface area contributed by atoms with E-state index >= 15 is 0 Å². The van der Waals surface area contributed by atoms with Crippen LogP contribution in [-0.2, 0) is 11.3 Å². The minimum absolute atomic E-state index is 0.0511. The van der Waals surface area contributed by atoms with Crippen LogP contribution in [-0.4, -0.2) is 40.8 Å². The van der Waals surface area contributed by atoms with Crippen molar-refractivity contribution in [2.24, 2.45) is 0 Å². The SMILES string of the molecule is O=C(CCl)NC1CCN(Cc2c[nH]c3ccccc23)CC1. The first-order chi connectivity index (χ1) is 10.3. The van der Waals surface area contributed by atoms with Gasteiger partial charge in [-0.15, -0.1) is 11.6 Å². The Labute approximate surface area is 129 Å². The van der Waals surface area contributed by atoms with E-state index in [1.807, 2.05) is 6.07 Å².